The fourth-order valence-corrected chi connectivity index (χ4v) is 3.64. The van der Waals surface area contributed by atoms with Crippen LogP contribution in [-0.2, 0) is 6.42 Å². The Morgan fingerprint density at radius 1 is 1.30 bits per heavy atom. The van der Waals surface area contributed by atoms with Crippen LogP contribution in [-0.4, -0.2) is 22.4 Å². The zero-order valence-corrected chi connectivity index (χ0v) is 13.8. The number of thiophene rings is 1. The van der Waals surface area contributed by atoms with Crippen molar-refractivity contribution in [3.8, 4) is 0 Å². The summed E-state index contributed by atoms with van der Waals surface area (Å²) in [6, 6.07) is 8.13. The monoisotopic (exact) mass is 327 g/mol. The lowest BCUT2D eigenvalue weighted by atomic mass is 10.1. The molecule has 1 amide bonds. The molecule has 3 aromatic rings. The van der Waals surface area contributed by atoms with E-state index in [0.717, 1.165) is 6.42 Å². The number of aromatic amines is 1. The van der Waals surface area contributed by atoms with Gasteiger partial charge in [-0.25, -0.2) is 4.98 Å². The number of aromatic nitrogens is 2. The molecule has 0 radical (unpaired) electrons. The Hall–Kier alpha value is -2.47. The molecule has 2 heterocycles. The number of benzene rings is 1. The van der Waals surface area contributed by atoms with Crippen molar-refractivity contribution in [2.24, 2.45) is 0 Å². The number of carbonyl (C=O) groups excluding carboxylic acids is 1. The molecule has 0 atom stereocenters. The third-order valence-electron chi connectivity index (χ3n) is 3.88. The summed E-state index contributed by atoms with van der Waals surface area (Å²) in [4.78, 5) is 32.1. The lowest BCUT2D eigenvalue weighted by Crippen LogP contribution is -2.25. The number of amides is 1. The van der Waals surface area contributed by atoms with E-state index in [0.29, 0.717) is 27.2 Å². The maximum Gasteiger partial charge on any atom is 0.261 e. The summed E-state index contributed by atoms with van der Waals surface area (Å²) < 4.78 is 0. The number of rotatable bonds is 4. The molecule has 5 nitrogen and oxygen atoms in total. The number of nitrogens with one attached hydrogen (secondary N) is 2. The number of nitrogens with zero attached hydrogens (tertiary/aromatic N) is 1. The molecule has 1 aromatic carbocycles. The summed E-state index contributed by atoms with van der Waals surface area (Å²) in [6.07, 6.45) is 2.14. The Morgan fingerprint density at radius 2 is 2.09 bits per heavy atom. The summed E-state index contributed by atoms with van der Waals surface area (Å²) in [5.41, 5.74) is 2.92. The topological polar surface area (TPSA) is 74.8 Å². The Balaban J connectivity index is 1.74. The molecule has 0 bridgehead atoms. The van der Waals surface area contributed by atoms with Crippen LogP contribution in [0, 0.1) is 13.8 Å². The Morgan fingerprint density at radius 3 is 2.83 bits per heavy atom. The molecule has 2 N–H and O–H groups in total. The summed E-state index contributed by atoms with van der Waals surface area (Å²) in [5.74, 6) is -0.154. The molecule has 0 saturated carbocycles. The molecule has 0 saturated heterocycles. The van der Waals surface area contributed by atoms with E-state index in [1.54, 1.807) is 6.92 Å². The maximum atomic E-state index is 12.4. The molecule has 0 fully saturated rings. The van der Waals surface area contributed by atoms with Crippen LogP contribution in [0.4, 0.5) is 0 Å². The van der Waals surface area contributed by atoms with E-state index < -0.39 is 0 Å². The van der Waals surface area contributed by atoms with Gasteiger partial charge in [-0.3, -0.25) is 9.59 Å². The highest BCUT2D eigenvalue weighted by Gasteiger charge is 2.17. The molecule has 3 rings (SSSR count). The third-order valence-corrected chi connectivity index (χ3v) is 5.08. The second kappa shape index (κ2) is 6.34. The molecule has 0 spiro atoms. The molecule has 118 valence electrons. The van der Waals surface area contributed by atoms with Gasteiger partial charge in [0.2, 0.25) is 0 Å². The van der Waals surface area contributed by atoms with Gasteiger partial charge in [0.15, 0.2) is 0 Å². The minimum atomic E-state index is -0.206. The molecular weight excluding hydrogens is 310 g/mol. The Bertz CT molecular complexity index is 927. The van der Waals surface area contributed by atoms with Crippen LogP contribution in [0.2, 0.25) is 0 Å². The number of hydrogen-bond acceptors (Lipinski definition) is 4. The first-order valence-electron chi connectivity index (χ1n) is 7.37. The summed E-state index contributed by atoms with van der Waals surface area (Å²) in [6.45, 7) is 4.40. The highest BCUT2D eigenvalue weighted by molar-refractivity contribution is 7.20. The van der Waals surface area contributed by atoms with E-state index in [1.807, 2.05) is 12.1 Å². The standard InChI is InChI=1S/C17H17N3O2S/c1-10-5-3-4-6-12(10)7-8-18-16(22)14-11(2)13-15(21)19-9-20-17(13)23-14/h3-6,9H,7-8H2,1-2H3,(H,18,22)(H,19,20,21). The quantitative estimate of drug-likeness (QED) is 0.773. The second-order valence-corrected chi connectivity index (χ2v) is 6.40. The molecule has 0 aliphatic carbocycles. The molecule has 23 heavy (non-hydrogen) atoms. The van der Waals surface area contributed by atoms with Gasteiger partial charge in [-0.2, -0.15) is 0 Å². The molecule has 0 unspecified atom stereocenters. The molecule has 2 aromatic heterocycles. The van der Waals surface area contributed by atoms with E-state index in [1.165, 1.54) is 28.8 Å². The van der Waals surface area contributed by atoms with Crippen molar-refractivity contribution in [3.63, 3.8) is 0 Å². The molecule has 6 heteroatoms. The van der Waals surface area contributed by atoms with Crippen molar-refractivity contribution in [2.75, 3.05) is 6.54 Å². The Kier molecular flexibility index (Phi) is 4.25. The Labute approximate surface area is 137 Å². The average Bonchev–Trinajstić information content (AvgIpc) is 2.87. The van der Waals surface area contributed by atoms with Crippen LogP contribution < -0.4 is 10.9 Å². The van der Waals surface area contributed by atoms with Gasteiger partial charge in [0, 0.05) is 6.54 Å². The van der Waals surface area contributed by atoms with Crippen molar-refractivity contribution in [1.82, 2.24) is 15.3 Å². The van der Waals surface area contributed by atoms with Gasteiger partial charge in [-0.1, -0.05) is 24.3 Å². The predicted molar refractivity (Wildman–Crippen MR) is 92.2 cm³/mol. The SMILES string of the molecule is Cc1ccccc1CCNC(=O)c1sc2nc[nH]c(=O)c2c1C. The first-order chi connectivity index (χ1) is 11.1. The number of carbonyl (C=O) groups is 1. The first kappa shape index (κ1) is 15.4. The number of aryl methyl sites for hydroxylation is 2. The van der Waals surface area contributed by atoms with Crippen LogP contribution >= 0.6 is 11.3 Å². The average molecular weight is 327 g/mol. The van der Waals surface area contributed by atoms with Gasteiger partial charge in [-0.05, 0) is 37.0 Å². The minimum Gasteiger partial charge on any atom is -0.351 e. The zero-order valence-electron chi connectivity index (χ0n) is 13.0. The largest absolute Gasteiger partial charge is 0.351 e. The smallest absolute Gasteiger partial charge is 0.261 e. The normalized spacial score (nSPS) is 10.9. The van der Waals surface area contributed by atoms with Crippen LogP contribution in [0.15, 0.2) is 35.4 Å². The van der Waals surface area contributed by atoms with Crippen LogP contribution in [0.3, 0.4) is 0 Å². The summed E-state index contributed by atoms with van der Waals surface area (Å²) in [7, 11) is 0. The second-order valence-electron chi connectivity index (χ2n) is 5.40. The van der Waals surface area contributed by atoms with E-state index in [4.69, 9.17) is 0 Å². The first-order valence-corrected chi connectivity index (χ1v) is 8.19. The fourth-order valence-electron chi connectivity index (χ4n) is 2.58. The van der Waals surface area contributed by atoms with Crippen molar-refractivity contribution in [2.45, 2.75) is 20.3 Å². The van der Waals surface area contributed by atoms with E-state index >= 15 is 0 Å². The number of H-pyrrole nitrogens is 1. The van der Waals surface area contributed by atoms with Crippen LogP contribution in [0.1, 0.15) is 26.4 Å². The maximum absolute atomic E-state index is 12.4. The van der Waals surface area contributed by atoms with Gasteiger partial charge in [0.25, 0.3) is 11.5 Å². The predicted octanol–water partition coefficient (Wildman–Crippen LogP) is 2.57. The van der Waals surface area contributed by atoms with Gasteiger partial charge in [-0.15, -0.1) is 11.3 Å². The highest BCUT2D eigenvalue weighted by atomic mass is 32.1. The van der Waals surface area contributed by atoms with E-state index in [9.17, 15) is 9.59 Å². The van der Waals surface area contributed by atoms with Crippen molar-refractivity contribution >= 4 is 27.5 Å². The minimum absolute atomic E-state index is 0.154. The third kappa shape index (κ3) is 3.03. The van der Waals surface area contributed by atoms with Crippen molar-refractivity contribution in [3.05, 3.63) is 62.5 Å². The zero-order chi connectivity index (χ0) is 16.4. The van der Waals surface area contributed by atoms with Crippen molar-refractivity contribution < 1.29 is 4.79 Å². The highest BCUT2D eigenvalue weighted by Crippen LogP contribution is 2.26. The fraction of sp³-hybridized carbons (Fsp3) is 0.235. The lowest BCUT2D eigenvalue weighted by Gasteiger charge is -2.07. The van der Waals surface area contributed by atoms with E-state index in [-0.39, 0.29) is 11.5 Å². The molecular formula is C17H17N3O2S. The number of hydrogen-bond donors (Lipinski definition) is 2. The van der Waals surface area contributed by atoms with Crippen LogP contribution in [0.25, 0.3) is 10.2 Å². The lowest BCUT2D eigenvalue weighted by molar-refractivity contribution is 0.0957. The van der Waals surface area contributed by atoms with Gasteiger partial charge in [0.05, 0.1) is 16.6 Å². The van der Waals surface area contributed by atoms with Gasteiger partial charge in [0.1, 0.15) is 4.83 Å². The van der Waals surface area contributed by atoms with Crippen molar-refractivity contribution in [1.29, 1.82) is 0 Å². The molecule has 0 aliphatic rings. The summed E-state index contributed by atoms with van der Waals surface area (Å²) in [5, 5.41) is 3.43. The van der Waals surface area contributed by atoms with Gasteiger partial charge < -0.3 is 10.3 Å². The number of fused-ring (bicyclic) bond motifs is 1. The van der Waals surface area contributed by atoms with Crippen LogP contribution in [0.5, 0.6) is 0 Å². The summed E-state index contributed by atoms with van der Waals surface area (Å²) >= 11 is 1.25. The van der Waals surface area contributed by atoms with Gasteiger partial charge >= 0.3 is 0 Å². The van der Waals surface area contributed by atoms with E-state index in [2.05, 4.69) is 34.3 Å². The molecule has 0 aliphatic heterocycles.